The molecule has 0 spiro atoms. The van der Waals surface area contributed by atoms with Crippen molar-refractivity contribution in [2.75, 3.05) is 0 Å². The smallest absolute Gasteiger partial charge is 0.0512 e. The zero-order valence-corrected chi connectivity index (χ0v) is 5.65. The molecule has 0 amide bonds. The third-order valence-corrected chi connectivity index (χ3v) is 0.975. The highest BCUT2D eigenvalue weighted by atomic mass is 16.3. The standard InChI is InChI=1S/C6H14O.H2O/c1-3-4-5-6(2)7;/h6-7H,3-5H2,1-2H3;1H2. The summed E-state index contributed by atoms with van der Waals surface area (Å²) in [5, 5.41) is 8.68. The summed E-state index contributed by atoms with van der Waals surface area (Å²) < 4.78 is 0. The molecule has 0 aromatic heterocycles. The van der Waals surface area contributed by atoms with Gasteiger partial charge in [0, 0.05) is 0 Å². The van der Waals surface area contributed by atoms with E-state index in [9.17, 15) is 0 Å². The summed E-state index contributed by atoms with van der Waals surface area (Å²) in [6.07, 6.45) is 3.19. The topological polar surface area (TPSA) is 51.7 Å². The summed E-state index contributed by atoms with van der Waals surface area (Å²) in [5.74, 6) is 0. The molecule has 0 aromatic carbocycles. The number of aliphatic hydroxyl groups is 1. The number of rotatable bonds is 3. The van der Waals surface area contributed by atoms with E-state index in [1.165, 1.54) is 6.42 Å². The van der Waals surface area contributed by atoms with Gasteiger partial charge in [0.25, 0.3) is 0 Å². The van der Waals surface area contributed by atoms with Crippen LogP contribution in [0.4, 0.5) is 0 Å². The van der Waals surface area contributed by atoms with E-state index in [-0.39, 0.29) is 11.6 Å². The zero-order valence-electron chi connectivity index (χ0n) is 5.65. The lowest BCUT2D eigenvalue weighted by molar-refractivity contribution is 0.181. The summed E-state index contributed by atoms with van der Waals surface area (Å²) in [7, 11) is 0. The van der Waals surface area contributed by atoms with Crippen molar-refractivity contribution < 1.29 is 10.6 Å². The van der Waals surface area contributed by atoms with Gasteiger partial charge in [-0.05, 0) is 13.3 Å². The van der Waals surface area contributed by atoms with E-state index < -0.39 is 0 Å². The van der Waals surface area contributed by atoms with Crippen molar-refractivity contribution in [3.05, 3.63) is 0 Å². The minimum atomic E-state index is -0.0973. The van der Waals surface area contributed by atoms with Crippen LogP contribution in [0.15, 0.2) is 0 Å². The Bertz CT molecular complexity index is 35.5. The molecule has 0 aliphatic carbocycles. The lowest BCUT2D eigenvalue weighted by Crippen LogP contribution is -1.97. The van der Waals surface area contributed by atoms with E-state index in [1.807, 2.05) is 6.92 Å². The van der Waals surface area contributed by atoms with Crippen molar-refractivity contribution in [2.45, 2.75) is 39.2 Å². The largest absolute Gasteiger partial charge is 0.412 e. The first kappa shape index (κ1) is 10.8. The van der Waals surface area contributed by atoms with Gasteiger partial charge >= 0.3 is 0 Å². The molecule has 0 saturated carbocycles. The molecule has 3 N–H and O–H groups in total. The number of unbranched alkanes of at least 4 members (excludes halogenated alkanes) is 1. The molecule has 0 aromatic rings. The minimum absolute atomic E-state index is 0. The van der Waals surface area contributed by atoms with Gasteiger partial charge in [-0.1, -0.05) is 19.8 Å². The van der Waals surface area contributed by atoms with Gasteiger partial charge in [0.15, 0.2) is 0 Å². The molecule has 0 bridgehead atoms. The second-order valence-corrected chi connectivity index (χ2v) is 1.99. The van der Waals surface area contributed by atoms with Crippen LogP contribution in [0.5, 0.6) is 0 Å². The lowest BCUT2D eigenvalue weighted by Gasteiger charge is -1.98. The van der Waals surface area contributed by atoms with Gasteiger partial charge in [0.2, 0.25) is 0 Å². The van der Waals surface area contributed by atoms with Gasteiger partial charge in [0.1, 0.15) is 0 Å². The summed E-state index contributed by atoms with van der Waals surface area (Å²) in [6.45, 7) is 3.96. The SMILES string of the molecule is CCCCC(C)O.O. The average Bonchev–Trinajstić information content (AvgIpc) is 1.61. The highest BCUT2D eigenvalue weighted by molar-refractivity contribution is 4.43. The number of hydrogen-bond acceptors (Lipinski definition) is 1. The van der Waals surface area contributed by atoms with Gasteiger partial charge < -0.3 is 10.6 Å². The Balaban J connectivity index is 0. The predicted molar refractivity (Wildman–Crippen MR) is 34.8 cm³/mol. The fourth-order valence-electron chi connectivity index (χ4n) is 0.500. The van der Waals surface area contributed by atoms with Crippen molar-refractivity contribution in [1.29, 1.82) is 0 Å². The molecule has 8 heavy (non-hydrogen) atoms. The third-order valence-electron chi connectivity index (χ3n) is 0.975. The monoisotopic (exact) mass is 120 g/mol. The molecule has 1 unspecified atom stereocenters. The van der Waals surface area contributed by atoms with Crippen LogP contribution in [0.2, 0.25) is 0 Å². The molecular formula is C6H16O2. The van der Waals surface area contributed by atoms with Gasteiger partial charge in [-0.25, -0.2) is 0 Å². The normalized spacial score (nSPS) is 12.4. The van der Waals surface area contributed by atoms with Crippen LogP contribution in [-0.2, 0) is 0 Å². The van der Waals surface area contributed by atoms with E-state index in [2.05, 4.69) is 6.92 Å². The second-order valence-electron chi connectivity index (χ2n) is 1.99. The number of aliphatic hydroxyl groups excluding tert-OH is 1. The molecule has 0 rings (SSSR count). The Hall–Kier alpha value is -0.0800. The Morgan fingerprint density at radius 2 is 2.00 bits per heavy atom. The van der Waals surface area contributed by atoms with Gasteiger partial charge in [-0.3, -0.25) is 0 Å². The van der Waals surface area contributed by atoms with Gasteiger partial charge in [-0.2, -0.15) is 0 Å². The van der Waals surface area contributed by atoms with Gasteiger partial charge in [-0.15, -0.1) is 0 Å². The summed E-state index contributed by atoms with van der Waals surface area (Å²) in [4.78, 5) is 0. The first-order chi connectivity index (χ1) is 3.27. The van der Waals surface area contributed by atoms with E-state index in [4.69, 9.17) is 5.11 Å². The molecular weight excluding hydrogens is 104 g/mol. The minimum Gasteiger partial charge on any atom is -0.412 e. The van der Waals surface area contributed by atoms with E-state index in [0.29, 0.717) is 0 Å². The molecule has 2 nitrogen and oxygen atoms in total. The zero-order chi connectivity index (χ0) is 5.70. The van der Waals surface area contributed by atoms with Crippen LogP contribution >= 0.6 is 0 Å². The van der Waals surface area contributed by atoms with E-state index >= 15 is 0 Å². The van der Waals surface area contributed by atoms with Crippen LogP contribution in [0, 0.1) is 0 Å². The molecule has 0 fully saturated rings. The Morgan fingerprint density at radius 1 is 1.50 bits per heavy atom. The molecule has 0 saturated heterocycles. The summed E-state index contributed by atoms with van der Waals surface area (Å²) >= 11 is 0. The van der Waals surface area contributed by atoms with Gasteiger partial charge in [0.05, 0.1) is 6.10 Å². The third kappa shape index (κ3) is 9.33. The highest BCUT2D eigenvalue weighted by Gasteiger charge is 1.90. The second kappa shape index (κ2) is 6.92. The van der Waals surface area contributed by atoms with E-state index in [0.717, 1.165) is 12.8 Å². The van der Waals surface area contributed by atoms with Crippen molar-refractivity contribution in [1.82, 2.24) is 0 Å². The van der Waals surface area contributed by atoms with Crippen LogP contribution in [0.1, 0.15) is 33.1 Å². The fraction of sp³-hybridized carbons (Fsp3) is 1.00. The summed E-state index contributed by atoms with van der Waals surface area (Å²) in [6, 6.07) is 0. The lowest BCUT2D eigenvalue weighted by atomic mass is 10.2. The maximum Gasteiger partial charge on any atom is 0.0512 e. The fourth-order valence-corrected chi connectivity index (χ4v) is 0.500. The van der Waals surface area contributed by atoms with Crippen LogP contribution in [0.3, 0.4) is 0 Å². The molecule has 1 atom stereocenters. The Kier molecular flexibility index (Phi) is 9.36. The van der Waals surface area contributed by atoms with Crippen molar-refractivity contribution in [2.24, 2.45) is 0 Å². The molecule has 0 radical (unpaired) electrons. The molecule has 0 heterocycles. The highest BCUT2D eigenvalue weighted by Crippen LogP contribution is 1.97. The number of hydrogen-bond donors (Lipinski definition) is 1. The molecule has 2 heteroatoms. The quantitative estimate of drug-likeness (QED) is 0.586. The average molecular weight is 120 g/mol. The predicted octanol–water partition coefficient (Wildman–Crippen LogP) is 0.733. The summed E-state index contributed by atoms with van der Waals surface area (Å²) in [5.41, 5.74) is 0. The Morgan fingerprint density at radius 3 is 2.12 bits per heavy atom. The Labute approximate surface area is 50.8 Å². The van der Waals surface area contributed by atoms with Crippen LogP contribution in [-0.4, -0.2) is 16.7 Å². The van der Waals surface area contributed by atoms with Crippen LogP contribution < -0.4 is 0 Å². The van der Waals surface area contributed by atoms with Crippen LogP contribution in [0.25, 0.3) is 0 Å². The first-order valence-electron chi connectivity index (χ1n) is 2.95. The maximum atomic E-state index is 8.68. The first-order valence-corrected chi connectivity index (χ1v) is 2.95. The molecule has 52 valence electrons. The van der Waals surface area contributed by atoms with Crippen molar-refractivity contribution in [3.63, 3.8) is 0 Å². The molecule has 0 aliphatic heterocycles. The van der Waals surface area contributed by atoms with Crippen molar-refractivity contribution in [3.8, 4) is 0 Å². The van der Waals surface area contributed by atoms with Crippen molar-refractivity contribution >= 4 is 0 Å². The molecule has 0 aliphatic rings. The maximum absolute atomic E-state index is 8.68. The van der Waals surface area contributed by atoms with E-state index in [1.54, 1.807) is 0 Å².